The van der Waals surface area contributed by atoms with E-state index in [4.69, 9.17) is 4.74 Å². The minimum absolute atomic E-state index is 0.122. The Labute approximate surface area is 174 Å². The number of aromatic nitrogens is 1. The van der Waals surface area contributed by atoms with Crippen LogP contribution in [-0.4, -0.2) is 59.7 Å². The molecule has 2 fully saturated rings. The lowest BCUT2D eigenvalue weighted by molar-refractivity contribution is 0.0594. The van der Waals surface area contributed by atoms with Gasteiger partial charge in [0.25, 0.3) is 11.5 Å². The summed E-state index contributed by atoms with van der Waals surface area (Å²) in [5.74, 6) is 0.721. The van der Waals surface area contributed by atoms with Gasteiger partial charge in [0.2, 0.25) is 0 Å². The molecule has 6 nitrogen and oxygen atoms in total. The molecule has 0 aromatic carbocycles. The van der Waals surface area contributed by atoms with Gasteiger partial charge in [0.05, 0.1) is 12.2 Å². The highest BCUT2D eigenvalue weighted by Gasteiger charge is 2.37. The van der Waals surface area contributed by atoms with Crippen LogP contribution in [0.25, 0.3) is 0 Å². The zero-order valence-corrected chi connectivity index (χ0v) is 17.4. The molecule has 2 aromatic heterocycles. The monoisotopic (exact) mass is 413 g/mol. The number of likely N-dealkylation sites (tertiary alicyclic amines) is 1. The number of nitrogens with zero attached hydrogens (tertiary/aromatic N) is 3. The fraction of sp³-hybridized carbons (Fsp3) is 0.545. The molecule has 0 saturated carbocycles. The van der Waals surface area contributed by atoms with Gasteiger partial charge in [-0.2, -0.15) is 11.3 Å². The Morgan fingerprint density at radius 1 is 1.14 bits per heavy atom. The third-order valence-electron chi connectivity index (χ3n) is 6.45. The number of piperidine rings is 1. The first-order valence-electron chi connectivity index (χ1n) is 10.5. The van der Waals surface area contributed by atoms with E-state index in [1.165, 1.54) is 0 Å². The molecule has 2 atom stereocenters. The van der Waals surface area contributed by atoms with E-state index < -0.39 is 0 Å². The first kappa shape index (κ1) is 19.0. The molecule has 0 radical (unpaired) electrons. The van der Waals surface area contributed by atoms with Crippen LogP contribution in [0.15, 0.2) is 33.8 Å². The quantitative estimate of drug-likeness (QED) is 0.775. The Kier molecular flexibility index (Phi) is 5.28. The van der Waals surface area contributed by atoms with E-state index in [2.05, 4.69) is 11.0 Å². The van der Waals surface area contributed by atoms with Crippen molar-refractivity contribution in [2.45, 2.75) is 31.8 Å². The van der Waals surface area contributed by atoms with Crippen LogP contribution in [0.4, 0.5) is 0 Å². The Balaban J connectivity index is 1.36. The third kappa shape index (κ3) is 3.79. The highest BCUT2D eigenvalue weighted by molar-refractivity contribution is 7.08. The van der Waals surface area contributed by atoms with Gasteiger partial charge in [0.15, 0.2) is 0 Å². The summed E-state index contributed by atoms with van der Waals surface area (Å²) in [6.45, 7) is 6.26. The Morgan fingerprint density at radius 2 is 2.07 bits per heavy atom. The summed E-state index contributed by atoms with van der Waals surface area (Å²) in [5, 5.41) is 3.87. The molecular formula is C22H27N3O3S. The number of hydrogen-bond acceptors (Lipinski definition) is 5. The molecule has 7 heteroatoms. The van der Waals surface area contributed by atoms with Crippen molar-refractivity contribution in [2.75, 3.05) is 39.4 Å². The van der Waals surface area contributed by atoms with Gasteiger partial charge in [0.1, 0.15) is 0 Å². The van der Waals surface area contributed by atoms with Gasteiger partial charge < -0.3 is 14.2 Å². The third-order valence-corrected chi connectivity index (χ3v) is 7.13. The van der Waals surface area contributed by atoms with Crippen LogP contribution in [0.3, 0.4) is 0 Å². The van der Waals surface area contributed by atoms with Crippen LogP contribution in [0.2, 0.25) is 0 Å². The van der Waals surface area contributed by atoms with Crippen molar-refractivity contribution in [3.8, 4) is 0 Å². The fourth-order valence-corrected chi connectivity index (χ4v) is 5.67. The average Bonchev–Trinajstić information content (AvgIpc) is 3.15. The second kappa shape index (κ2) is 8.05. The molecule has 2 aromatic rings. The van der Waals surface area contributed by atoms with Crippen LogP contribution >= 0.6 is 11.3 Å². The number of thiophene rings is 1. The van der Waals surface area contributed by atoms with Gasteiger partial charge in [-0.3, -0.25) is 14.5 Å². The smallest absolute Gasteiger partial charge is 0.255 e. The SMILES string of the molecule is O=C(c1ccsc1)N1C[C@@H]2C[C@H](C1)c1ccc(CN3CCCOCC3)c(=O)n1C2. The van der Waals surface area contributed by atoms with E-state index in [0.29, 0.717) is 19.0 Å². The van der Waals surface area contributed by atoms with Crippen LogP contribution < -0.4 is 5.56 Å². The van der Waals surface area contributed by atoms with E-state index in [-0.39, 0.29) is 17.4 Å². The van der Waals surface area contributed by atoms with Gasteiger partial charge >= 0.3 is 0 Å². The molecule has 1 amide bonds. The van der Waals surface area contributed by atoms with Crippen molar-refractivity contribution in [3.05, 3.63) is 56.1 Å². The fourth-order valence-electron chi connectivity index (χ4n) is 5.04. The molecule has 154 valence electrons. The van der Waals surface area contributed by atoms with Crippen LogP contribution in [0, 0.1) is 5.92 Å². The molecule has 29 heavy (non-hydrogen) atoms. The zero-order valence-electron chi connectivity index (χ0n) is 16.6. The van der Waals surface area contributed by atoms with E-state index in [1.807, 2.05) is 32.4 Å². The first-order chi connectivity index (χ1) is 14.2. The summed E-state index contributed by atoms with van der Waals surface area (Å²) in [6.07, 6.45) is 2.08. The maximum Gasteiger partial charge on any atom is 0.255 e. The lowest BCUT2D eigenvalue weighted by Gasteiger charge is -2.43. The van der Waals surface area contributed by atoms with Gasteiger partial charge in [-0.05, 0) is 36.3 Å². The zero-order chi connectivity index (χ0) is 19.8. The van der Waals surface area contributed by atoms with E-state index >= 15 is 0 Å². The number of rotatable bonds is 3. The van der Waals surface area contributed by atoms with Crippen LogP contribution in [-0.2, 0) is 17.8 Å². The first-order valence-corrected chi connectivity index (χ1v) is 11.5. The van der Waals surface area contributed by atoms with Gasteiger partial charge in [-0.1, -0.05) is 6.07 Å². The molecule has 0 unspecified atom stereocenters. The molecule has 5 heterocycles. The highest BCUT2D eigenvalue weighted by Crippen LogP contribution is 2.35. The molecular weight excluding hydrogens is 386 g/mol. The van der Waals surface area contributed by atoms with Gasteiger partial charge in [-0.15, -0.1) is 0 Å². The molecule has 3 aliphatic heterocycles. The lowest BCUT2D eigenvalue weighted by Crippen LogP contribution is -2.49. The largest absolute Gasteiger partial charge is 0.380 e. The Bertz CT molecular complexity index is 931. The van der Waals surface area contributed by atoms with Crippen LogP contribution in [0.1, 0.15) is 40.4 Å². The molecule has 0 spiro atoms. The van der Waals surface area contributed by atoms with Crippen molar-refractivity contribution >= 4 is 17.2 Å². The highest BCUT2D eigenvalue weighted by atomic mass is 32.1. The van der Waals surface area contributed by atoms with E-state index in [0.717, 1.165) is 69.1 Å². The molecule has 5 rings (SSSR count). The van der Waals surface area contributed by atoms with Gasteiger partial charge in [0, 0.05) is 68.4 Å². The number of carbonyl (C=O) groups is 1. The summed E-state index contributed by atoms with van der Waals surface area (Å²) < 4.78 is 7.53. The number of amides is 1. The predicted octanol–water partition coefficient (Wildman–Crippen LogP) is 2.39. The topological polar surface area (TPSA) is 54.8 Å². The Hall–Kier alpha value is -1.96. The number of fused-ring (bicyclic) bond motifs is 4. The minimum Gasteiger partial charge on any atom is -0.380 e. The second-order valence-electron chi connectivity index (χ2n) is 8.46. The van der Waals surface area contributed by atoms with Crippen molar-refractivity contribution in [3.63, 3.8) is 0 Å². The molecule has 0 N–H and O–H groups in total. The number of pyridine rings is 1. The number of carbonyl (C=O) groups excluding carboxylic acids is 1. The standard InChI is InChI=1S/C22H27N3O3S/c26-21(18-4-9-29-15-18)24-11-16-10-19(14-24)20-3-2-17(22(27)25(20)12-16)13-23-5-1-7-28-8-6-23/h2-4,9,15-16,19H,1,5-8,10-14H2/t16-,19+/m0/s1. The van der Waals surface area contributed by atoms with Crippen molar-refractivity contribution in [1.82, 2.24) is 14.4 Å². The van der Waals surface area contributed by atoms with Crippen molar-refractivity contribution in [2.24, 2.45) is 5.92 Å². The van der Waals surface area contributed by atoms with Gasteiger partial charge in [-0.25, -0.2) is 0 Å². The van der Waals surface area contributed by atoms with E-state index in [1.54, 1.807) is 11.3 Å². The maximum atomic E-state index is 13.2. The molecule has 3 aliphatic rings. The van der Waals surface area contributed by atoms with Crippen LogP contribution in [0.5, 0.6) is 0 Å². The summed E-state index contributed by atoms with van der Waals surface area (Å²) in [4.78, 5) is 30.4. The molecule has 2 bridgehead atoms. The normalized spacial score (nSPS) is 24.8. The maximum absolute atomic E-state index is 13.2. The summed E-state index contributed by atoms with van der Waals surface area (Å²) in [6, 6.07) is 6.04. The second-order valence-corrected chi connectivity index (χ2v) is 9.24. The summed E-state index contributed by atoms with van der Waals surface area (Å²) in [5.41, 5.74) is 2.91. The predicted molar refractivity (Wildman–Crippen MR) is 112 cm³/mol. The Morgan fingerprint density at radius 3 is 2.93 bits per heavy atom. The average molecular weight is 414 g/mol. The summed E-state index contributed by atoms with van der Waals surface area (Å²) in [7, 11) is 0. The summed E-state index contributed by atoms with van der Waals surface area (Å²) >= 11 is 1.56. The number of ether oxygens (including phenoxy) is 1. The lowest BCUT2D eigenvalue weighted by atomic mass is 9.82. The minimum atomic E-state index is 0.122. The van der Waals surface area contributed by atoms with E-state index in [9.17, 15) is 9.59 Å². The molecule has 2 saturated heterocycles. The molecule has 0 aliphatic carbocycles. The van der Waals surface area contributed by atoms with Crippen molar-refractivity contribution < 1.29 is 9.53 Å². The van der Waals surface area contributed by atoms with Crippen molar-refractivity contribution in [1.29, 1.82) is 0 Å². The number of hydrogen-bond donors (Lipinski definition) is 0.